The minimum atomic E-state index is -0.0395. The summed E-state index contributed by atoms with van der Waals surface area (Å²) in [6.45, 7) is 4.00. The molecular weight excluding hydrogens is 198 g/mol. The molecule has 0 bridgehead atoms. The van der Waals surface area contributed by atoms with Crippen molar-refractivity contribution in [1.82, 2.24) is 15.3 Å². The van der Waals surface area contributed by atoms with E-state index in [0.717, 1.165) is 0 Å². The maximum absolute atomic E-state index is 11.1. The molecule has 14 heavy (non-hydrogen) atoms. The van der Waals surface area contributed by atoms with E-state index in [-0.39, 0.29) is 5.91 Å². The van der Waals surface area contributed by atoms with E-state index < -0.39 is 0 Å². The minimum absolute atomic E-state index is 0.0395. The first kappa shape index (κ1) is 10.7. The predicted molar refractivity (Wildman–Crippen MR) is 56.0 cm³/mol. The average molecular weight is 209 g/mol. The minimum Gasteiger partial charge on any atom is -0.352 e. The lowest BCUT2D eigenvalue weighted by atomic mass is 10.6. The number of carbonyl (C=O) groups is 1. The van der Waals surface area contributed by atoms with Gasteiger partial charge in [0.2, 0.25) is 5.91 Å². The molecule has 0 aliphatic heterocycles. The van der Waals surface area contributed by atoms with E-state index in [1.54, 1.807) is 24.5 Å². The van der Waals surface area contributed by atoms with E-state index in [4.69, 9.17) is 0 Å². The van der Waals surface area contributed by atoms with Crippen LogP contribution in [0.2, 0.25) is 0 Å². The smallest absolute Gasteiger partial charge is 0.230 e. The van der Waals surface area contributed by atoms with E-state index >= 15 is 0 Å². The van der Waals surface area contributed by atoms with E-state index in [0.29, 0.717) is 17.5 Å². The molecule has 1 heterocycles. The molecular formula is C9H11N3OS. The van der Waals surface area contributed by atoms with Gasteiger partial charge in [0.05, 0.1) is 5.75 Å². The van der Waals surface area contributed by atoms with Crippen LogP contribution in [0.5, 0.6) is 0 Å². The van der Waals surface area contributed by atoms with Crippen molar-refractivity contribution in [3.63, 3.8) is 0 Å². The molecule has 0 spiro atoms. The highest BCUT2D eigenvalue weighted by Crippen LogP contribution is 2.09. The van der Waals surface area contributed by atoms with Crippen LogP contribution >= 0.6 is 11.8 Å². The number of aromatic nitrogens is 2. The van der Waals surface area contributed by atoms with Crippen molar-refractivity contribution >= 4 is 17.7 Å². The number of hydrogen-bond donors (Lipinski definition) is 1. The Balaban J connectivity index is 2.27. The van der Waals surface area contributed by atoms with Crippen LogP contribution in [-0.2, 0) is 4.79 Å². The second-order valence-corrected chi connectivity index (χ2v) is 3.36. The number of thioether (sulfide) groups is 1. The molecule has 0 atom stereocenters. The monoisotopic (exact) mass is 209 g/mol. The molecule has 1 rings (SSSR count). The molecule has 0 aliphatic carbocycles. The summed E-state index contributed by atoms with van der Waals surface area (Å²) in [4.78, 5) is 19.1. The van der Waals surface area contributed by atoms with Crippen molar-refractivity contribution in [2.45, 2.75) is 5.16 Å². The van der Waals surface area contributed by atoms with Gasteiger partial charge < -0.3 is 5.32 Å². The Kier molecular flexibility index (Phi) is 4.71. The second-order valence-electron chi connectivity index (χ2n) is 2.41. The van der Waals surface area contributed by atoms with Gasteiger partial charge in [-0.25, -0.2) is 9.97 Å². The standard InChI is InChI=1S/C9H11N3OS/c1-2-4-10-8(13)7-14-9-11-5-3-6-12-9/h2-3,5-6H,1,4,7H2,(H,10,13). The summed E-state index contributed by atoms with van der Waals surface area (Å²) in [5, 5.41) is 3.28. The quantitative estimate of drug-likeness (QED) is 0.444. The van der Waals surface area contributed by atoms with Crippen molar-refractivity contribution in [2.75, 3.05) is 12.3 Å². The SMILES string of the molecule is C=CCNC(=O)CSc1ncccn1. The molecule has 0 unspecified atom stereocenters. The molecule has 0 saturated carbocycles. The molecule has 5 heteroatoms. The maximum Gasteiger partial charge on any atom is 0.230 e. The Morgan fingerprint density at radius 1 is 1.57 bits per heavy atom. The zero-order valence-electron chi connectivity index (χ0n) is 7.64. The lowest BCUT2D eigenvalue weighted by Gasteiger charge is -2.00. The van der Waals surface area contributed by atoms with Crippen molar-refractivity contribution in [1.29, 1.82) is 0 Å². The number of carbonyl (C=O) groups excluding carboxylic acids is 1. The summed E-state index contributed by atoms with van der Waals surface area (Å²) < 4.78 is 0. The summed E-state index contributed by atoms with van der Waals surface area (Å²) in [6, 6.07) is 1.74. The van der Waals surface area contributed by atoms with Crippen LogP contribution in [0.3, 0.4) is 0 Å². The lowest BCUT2D eigenvalue weighted by molar-refractivity contribution is -0.118. The lowest BCUT2D eigenvalue weighted by Crippen LogP contribution is -2.24. The van der Waals surface area contributed by atoms with E-state index in [2.05, 4.69) is 21.9 Å². The molecule has 0 radical (unpaired) electrons. The summed E-state index contributed by atoms with van der Waals surface area (Å²) in [5.41, 5.74) is 0. The summed E-state index contributed by atoms with van der Waals surface area (Å²) in [7, 11) is 0. The van der Waals surface area contributed by atoms with Gasteiger partial charge in [0.1, 0.15) is 0 Å². The molecule has 0 aromatic carbocycles. The van der Waals surface area contributed by atoms with Crippen molar-refractivity contribution in [3.8, 4) is 0 Å². The first-order valence-corrected chi connectivity index (χ1v) is 5.09. The molecule has 1 amide bonds. The van der Waals surface area contributed by atoms with Crippen LogP contribution in [-0.4, -0.2) is 28.2 Å². The fourth-order valence-corrected chi connectivity index (χ4v) is 1.36. The maximum atomic E-state index is 11.1. The van der Waals surface area contributed by atoms with Gasteiger partial charge in [-0.15, -0.1) is 6.58 Å². The Bertz CT molecular complexity index is 302. The predicted octanol–water partition coefficient (Wildman–Crippen LogP) is 0.871. The second kappa shape index (κ2) is 6.15. The normalized spacial score (nSPS) is 9.43. The zero-order chi connectivity index (χ0) is 10.2. The number of rotatable bonds is 5. The van der Waals surface area contributed by atoms with E-state index in [9.17, 15) is 4.79 Å². The number of nitrogens with zero attached hydrogens (tertiary/aromatic N) is 2. The summed E-state index contributed by atoms with van der Waals surface area (Å²) >= 11 is 1.31. The van der Waals surface area contributed by atoms with E-state index in [1.807, 2.05) is 0 Å². The van der Waals surface area contributed by atoms with Gasteiger partial charge in [0.15, 0.2) is 5.16 Å². The fraction of sp³-hybridized carbons (Fsp3) is 0.222. The van der Waals surface area contributed by atoms with Gasteiger partial charge in [0, 0.05) is 18.9 Å². The average Bonchev–Trinajstić information content (AvgIpc) is 2.25. The Morgan fingerprint density at radius 2 is 2.29 bits per heavy atom. The zero-order valence-corrected chi connectivity index (χ0v) is 8.46. The largest absolute Gasteiger partial charge is 0.352 e. The summed E-state index contributed by atoms with van der Waals surface area (Å²) in [6.07, 6.45) is 4.94. The van der Waals surface area contributed by atoms with Gasteiger partial charge in [-0.1, -0.05) is 17.8 Å². The molecule has 4 nitrogen and oxygen atoms in total. The number of nitrogens with one attached hydrogen (secondary N) is 1. The van der Waals surface area contributed by atoms with Gasteiger partial charge in [-0.3, -0.25) is 4.79 Å². The van der Waals surface area contributed by atoms with Gasteiger partial charge >= 0.3 is 0 Å². The van der Waals surface area contributed by atoms with Gasteiger partial charge in [0.25, 0.3) is 0 Å². The van der Waals surface area contributed by atoms with Crippen molar-refractivity contribution in [2.24, 2.45) is 0 Å². The molecule has 0 aliphatic rings. The van der Waals surface area contributed by atoms with Crippen LogP contribution in [0.4, 0.5) is 0 Å². The topological polar surface area (TPSA) is 54.9 Å². The van der Waals surface area contributed by atoms with Crippen LogP contribution in [0.1, 0.15) is 0 Å². The Morgan fingerprint density at radius 3 is 2.93 bits per heavy atom. The molecule has 0 saturated heterocycles. The van der Waals surface area contributed by atoms with E-state index in [1.165, 1.54) is 11.8 Å². The van der Waals surface area contributed by atoms with Gasteiger partial charge in [-0.2, -0.15) is 0 Å². The fourth-order valence-electron chi connectivity index (χ4n) is 0.727. The van der Waals surface area contributed by atoms with Crippen molar-refractivity contribution < 1.29 is 4.79 Å². The van der Waals surface area contributed by atoms with Crippen LogP contribution < -0.4 is 5.32 Å². The highest BCUT2D eigenvalue weighted by molar-refractivity contribution is 7.99. The Labute approximate surface area is 86.8 Å². The third kappa shape index (κ3) is 4.04. The third-order valence-corrected chi connectivity index (χ3v) is 2.19. The first-order chi connectivity index (χ1) is 6.83. The third-order valence-electron chi connectivity index (χ3n) is 1.32. The van der Waals surface area contributed by atoms with Crippen molar-refractivity contribution in [3.05, 3.63) is 31.1 Å². The highest BCUT2D eigenvalue weighted by atomic mass is 32.2. The first-order valence-electron chi connectivity index (χ1n) is 4.10. The molecule has 1 N–H and O–H groups in total. The Hall–Kier alpha value is -1.36. The van der Waals surface area contributed by atoms with Gasteiger partial charge in [-0.05, 0) is 6.07 Å². The molecule has 74 valence electrons. The molecule has 1 aromatic rings. The summed E-state index contributed by atoms with van der Waals surface area (Å²) in [5.74, 6) is 0.292. The van der Waals surface area contributed by atoms with Crippen LogP contribution in [0.25, 0.3) is 0 Å². The highest BCUT2D eigenvalue weighted by Gasteiger charge is 2.02. The van der Waals surface area contributed by atoms with Crippen LogP contribution in [0, 0.1) is 0 Å². The van der Waals surface area contributed by atoms with Crippen LogP contribution in [0.15, 0.2) is 36.3 Å². The molecule has 1 aromatic heterocycles. The number of amides is 1. The molecule has 0 fully saturated rings. The number of hydrogen-bond acceptors (Lipinski definition) is 4.